The predicted molar refractivity (Wildman–Crippen MR) is 71.2 cm³/mol. The Kier molecular flexibility index (Phi) is 4.59. The molecule has 1 saturated heterocycles. The second-order valence-electron chi connectivity index (χ2n) is 4.35. The minimum absolute atomic E-state index is 0.103. The quantitative estimate of drug-likeness (QED) is 0.791. The van der Waals surface area contributed by atoms with Gasteiger partial charge in [0, 0.05) is 24.5 Å². The molecule has 17 heavy (non-hydrogen) atoms. The summed E-state index contributed by atoms with van der Waals surface area (Å²) in [4.78, 5) is 6.83. The van der Waals surface area contributed by atoms with Gasteiger partial charge in [-0.2, -0.15) is 4.37 Å². The third kappa shape index (κ3) is 3.09. The van der Waals surface area contributed by atoms with Crippen molar-refractivity contribution in [2.24, 2.45) is 0 Å². The maximum Gasteiger partial charge on any atom is 0.205 e. The van der Waals surface area contributed by atoms with E-state index in [4.69, 9.17) is 16.3 Å². The van der Waals surface area contributed by atoms with E-state index in [2.05, 4.69) is 28.1 Å². The summed E-state index contributed by atoms with van der Waals surface area (Å²) in [5.41, 5.74) is 0. The van der Waals surface area contributed by atoms with Crippen LogP contribution in [0.15, 0.2) is 0 Å². The zero-order valence-electron chi connectivity index (χ0n) is 10.2. The molecule has 96 valence electrons. The highest BCUT2D eigenvalue weighted by Gasteiger charge is 2.27. The third-order valence-corrected chi connectivity index (χ3v) is 3.99. The highest BCUT2D eigenvalue weighted by molar-refractivity contribution is 7.09. The van der Waals surface area contributed by atoms with Gasteiger partial charge in [-0.3, -0.25) is 0 Å². The van der Waals surface area contributed by atoms with Crippen molar-refractivity contribution in [3.05, 3.63) is 5.82 Å². The number of aryl methyl sites for hydroxylation is 1. The van der Waals surface area contributed by atoms with Gasteiger partial charge in [-0.1, -0.05) is 6.92 Å². The van der Waals surface area contributed by atoms with E-state index in [0.717, 1.165) is 30.3 Å². The fourth-order valence-electron chi connectivity index (χ4n) is 1.86. The molecule has 1 aliphatic rings. The molecule has 0 aliphatic carbocycles. The zero-order valence-corrected chi connectivity index (χ0v) is 11.8. The van der Waals surface area contributed by atoms with Gasteiger partial charge in [0.2, 0.25) is 5.13 Å². The first kappa shape index (κ1) is 13.1. The Labute approximate surface area is 111 Å². The lowest BCUT2D eigenvalue weighted by atomic mass is 10.2. The standard InChI is InChI=1S/C11H18ClN3OS/c1-3-4-10-13-11(17-14-10)15-6-9(5-12)16-7-8(15)2/h8-9H,3-7H2,1-2H3. The van der Waals surface area contributed by atoms with Gasteiger partial charge >= 0.3 is 0 Å². The van der Waals surface area contributed by atoms with Gasteiger partial charge in [0.25, 0.3) is 0 Å². The Balaban J connectivity index is 2.07. The van der Waals surface area contributed by atoms with Gasteiger partial charge in [0.1, 0.15) is 5.82 Å². The van der Waals surface area contributed by atoms with Crippen LogP contribution in [0.1, 0.15) is 26.1 Å². The first-order chi connectivity index (χ1) is 8.24. The van der Waals surface area contributed by atoms with Gasteiger partial charge < -0.3 is 9.64 Å². The second kappa shape index (κ2) is 5.98. The summed E-state index contributed by atoms with van der Waals surface area (Å²) in [7, 11) is 0. The number of alkyl halides is 1. The van der Waals surface area contributed by atoms with E-state index in [1.807, 2.05) is 0 Å². The Morgan fingerprint density at radius 1 is 1.59 bits per heavy atom. The van der Waals surface area contributed by atoms with Gasteiger partial charge in [0.05, 0.1) is 24.6 Å². The predicted octanol–water partition coefficient (Wildman–Crippen LogP) is 2.32. The molecule has 2 atom stereocenters. The molecule has 1 fully saturated rings. The monoisotopic (exact) mass is 275 g/mol. The lowest BCUT2D eigenvalue weighted by molar-refractivity contribution is 0.0364. The Morgan fingerprint density at radius 2 is 2.41 bits per heavy atom. The van der Waals surface area contributed by atoms with E-state index in [1.54, 1.807) is 0 Å². The van der Waals surface area contributed by atoms with Gasteiger partial charge in [0.15, 0.2) is 0 Å². The highest BCUT2D eigenvalue weighted by atomic mass is 35.5. The van der Waals surface area contributed by atoms with Crippen LogP contribution < -0.4 is 4.90 Å². The van der Waals surface area contributed by atoms with Crippen LogP contribution in [0.3, 0.4) is 0 Å². The average molecular weight is 276 g/mol. The molecule has 4 nitrogen and oxygen atoms in total. The van der Waals surface area contributed by atoms with Crippen molar-refractivity contribution < 1.29 is 4.74 Å². The van der Waals surface area contributed by atoms with Crippen molar-refractivity contribution in [1.82, 2.24) is 9.36 Å². The van der Waals surface area contributed by atoms with E-state index < -0.39 is 0 Å². The van der Waals surface area contributed by atoms with Crippen LogP contribution in [0.2, 0.25) is 0 Å². The molecule has 1 aromatic heterocycles. The van der Waals surface area contributed by atoms with Crippen LogP contribution in [0.4, 0.5) is 5.13 Å². The largest absolute Gasteiger partial charge is 0.373 e. The number of rotatable bonds is 4. The van der Waals surface area contributed by atoms with Crippen LogP contribution in [-0.2, 0) is 11.2 Å². The molecule has 0 amide bonds. The minimum atomic E-state index is 0.103. The maximum absolute atomic E-state index is 5.85. The molecule has 0 saturated carbocycles. The number of aromatic nitrogens is 2. The lowest BCUT2D eigenvalue weighted by Gasteiger charge is -2.36. The summed E-state index contributed by atoms with van der Waals surface area (Å²) in [5.74, 6) is 1.48. The molecule has 2 heterocycles. The molecule has 2 unspecified atom stereocenters. The molecule has 1 aromatic rings. The van der Waals surface area contributed by atoms with E-state index in [0.29, 0.717) is 18.5 Å². The molecule has 0 bridgehead atoms. The van der Waals surface area contributed by atoms with E-state index in [-0.39, 0.29) is 6.10 Å². The molecule has 2 rings (SSSR count). The first-order valence-electron chi connectivity index (χ1n) is 6.01. The fraction of sp³-hybridized carbons (Fsp3) is 0.818. The number of hydrogen-bond donors (Lipinski definition) is 0. The molecule has 0 radical (unpaired) electrons. The second-order valence-corrected chi connectivity index (χ2v) is 5.39. The smallest absolute Gasteiger partial charge is 0.205 e. The normalized spacial score (nSPS) is 25.2. The molecular formula is C11H18ClN3OS. The Bertz CT molecular complexity index is 360. The van der Waals surface area contributed by atoms with Gasteiger partial charge in [-0.25, -0.2) is 4.98 Å². The van der Waals surface area contributed by atoms with Crippen molar-refractivity contribution in [3.8, 4) is 0 Å². The molecular weight excluding hydrogens is 258 g/mol. The van der Waals surface area contributed by atoms with Crippen LogP contribution in [0, 0.1) is 0 Å². The first-order valence-corrected chi connectivity index (χ1v) is 7.32. The SMILES string of the molecule is CCCc1nsc(N2CC(CCl)OCC2C)n1. The highest BCUT2D eigenvalue weighted by Crippen LogP contribution is 2.24. The Morgan fingerprint density at radius 3 is 3.12 bits per heavy atom. The lowest BCUT2D eigenvalue weighted by Crippen LogP contribution is -2.49. The van der Waals surface area contributed by atoms with E-state index in [1.165, 1.54) is 11.5 Å². The zero-order chi connectivity index (χ0) is 12.3. The summed E-state index contributed by atoms with van der Waals surface area (Å²) in [6.07, 6.45) is 2.14. The molecule has 1 aliphatic heterocycles. The van der Waals surface area contributed by atoms with Crippen molar-refractivity contribution in [2.45, 2.75) is 38.8 Å². The van der Waals surface area contributed by atoms with E-state index in [9.17, 15) is 0 Å². The molecule has 0 N–H and O–H groups in total. The summed E-state index contributed by atoms with van der Waals surface area (Å²) in [6, 6.07) is 0.344. The number of hydrogen-bond acceptors (Lipinski definition) is 5. The number of ether oxygens (including phenoxy) is 1. The van der Waals surface area contributed by atoms with Crippen LogP contribution in [0.25, 0.3) is 0 Å². The number of halogens is 1. The summed E-state index contributed by atoms with van der Waals surface area (Å²) in [5, 5.41) is 0.999. The number of anilines is 1. The Hall–Kier alpha value is -0.390. The third-order valence-electron chi connectivity index (χ3n) is 2.85. The van der Waals surface area contributed by atoms with Crippen LogP contribution >= 0.6 is 23.1 Å². The number of nitrogens with zero attached hydrogens (tertiary/aromatic N) is 3. The average Bonchev–Trinajstić information content (AvgIpc) is 2.79. The van der Waals surface area contributed by atoms with Crippen LogP contribution in [-0.4, -0.2) is 40.5 Å². The minimum Gasteiger partial charge on any atom is -0.373 e. The fourth-order valence-corrected chi connectivity index (χ4v) is 2.88. The number of morpholine rings is 1. The van der Waals surface area contributed by atoms with E-state index >= 15 is 0 Å². The molecule has 0 spiro atoms. The van der Waals surface area contributed by atoms with Gasteiger partial charge in [-0.05, 0) is 13.3 Å². The van der Waals surface area contributed by atoms with Crippen molar-refractivity contribution >= 4 is 28.3 Å². The summed E-state index contributed by atoms with van der Waals surface area (Å²) in [6.45, 7) is 5.80. The maximum atomic E-state index is 5.85. The van der Waals surface area contributed by atoms with Crippen molar-refractivity contribution in [3.63, 3.8) is 0 Å². The molecule has 0 aromatic carbocycles. The summed E-state index contributed by atoms with van der Waals surface area (Å²) < 4.78 is 10.0. The molecule has 6 heteroatoms. The van der Waals surface area contributed by atoms with Crippen molar-refractivity contribution in [2.75, 3.05) is 23.9 Å². The topological polar surface area (TPSA) is 38.2 Å². The van der Waals surface area contributed by atoms with Crippen molar-refractivity contribution in [1.29, 1.82) is 0 Å². The summed E-state index contributed by atoms with van der Waals surface area (Å²) >= 11 is 7.33. The van der Waals surface area contributed by atoms with Gasteiger partial charge in [-0.15, -0.1) is 11.6 Å². The van der Waals surface area contributed by atoms with Crippen LogP contribution in [0.5, 0.6) is 0 Å².